The van der Waals surface area contributed by atoms with Crippen molar-refractivity contribution in [1.82, 2.24) is 10.0 Å². The number of hydrogen-bond donors (Lipinski definition) is 1. The fourth-order valence-electron chi connectivity index (χ4n) is 3.46. The van der Waals surface area contributed by atoms with Crippen LogP contribution in [-0.2, 0) is 17.4 Å². The molecule has 2 aliphatic rings. The van der Waals surface area contributed by atoms with Gasteiger partial charge in [-0.15, -0.1) is 0 Å². The molecular weight excluding hydrogens is 422 g/mol. The van der Waals surface area contributed by atoms with E-state index in [4.69, 9.17) is 9.47 Å². The number of hydrogen-bond acceptors (Lipinski definition) is 4. The number of para-hydroxylation sites is 1. The van der Waals surface area contributed by atoms with Crippen LogP contribution in [0, 0.1) is 5.82 Å². The van der Waals surface area contributed by atoms with Crippen molar-refractivity contribution in [3.05, 3.63) is 53.3 Å². The number of rotatable bonds is 3. The number of amides is 3. The Morgan fingerprint density at radius 1 is 1.03 bits per heavy atom. The Labute approximate surface area is 174 Å². The maximum atomic E-state index is 14.0. The molecule has 1 fully saturated rings. The summed E-state index contributed by atoms with van der Waals surface area (Å²) in [7, 11) is 0. The van der Waals surface area contributed by atoms with E-state index in [1.165, 1.54) is 0 Å². The van der Waals surface area contributed by atoms with Crippen molar-refractivity contribution >= 4 is 17.6 Å². The minimum absolute atomic E-state index is 0.0616. The summed E-state index contributed by atoms with van der Waals surface area (Å²) >= 11 is 0. The molecule has 31 heavy (non-hydrogen) atoms. The molecule has 0 radical (unpaired) electrons. The van der Waals surface area contributed by atoms with Gasteiger partial charge in [0.1, 0.15) is 5.82 Å². The van der Waals surface area contributed by atoms with Crippen LogP contribution < -0.4 is 14.8 Å². The van der Waals surface area contributed by atoms with E-state index in [2.05, 4.69) is 0 Å². The molecule has 2 aromatic rings. The van der Waals surface area contributed by atoms with Gasteiger partial charge in [-0.05, 0) is 36.2 Å². The van der Waals surface area contributed by atoms with Gasteiger partial charge in [-0.1, -0.05) is 12.1 Å². The largest absolute Gasteiger partial charge is 0.454 e. The first-order valence-corrected chi connectivity index (χ1v) is 9.37. The highest BCUT2D eigenvalue weighted by Gasteiger charge is 2.37. The zero-order valence-electron chi connectivity index (χ0n) is 16.0. The number of halogens is 4. The van der Waals surface area contributed by atoms with Gasteiger partial charge in [-0.3, -0.25) is 4.79 Å². The van der Waals surface area contributed by atoms with Crippen molar-refractivity contribution in [2.45, 2.75) is 19.0 Å². The van der Waals surface area contributed by atoms with Gasteiger partial charge in [-0.25, -0.2) is 19.2 Å². The van der Waals surface area contributed by atoms with Gasteiger partial charge in [0.2, 0.25) is 12.7 Å². The molecule has 0 spiro atoms. The molecule has 4 rings (SSSR count). The molecule has 164 valence electrons. The average Bonchev–Trinajstić information content (AvgIpc) is 3.37. The lowest BCUT2D eigenvalue weighted by Crippen LogP contribution is -2.47. The zero-order valence-corrected chi connectivity index (χ0v) is 16.0. The first-order valence-electron chi connectivity index (χ1n) is 9.37. The molecule has 2 heterocycles. The SMILES string of the molecule is O=C(Cc1ccc2c(c1)OCO2)N1CCCN1C(=O)Nc1c(F)cccc1C(F)(F)F. The molecule has 1 N–H and O–H groups in total. The average molecular weight is 439 g/mol. The minimum atomic E-state index is -4.86. The number of ether oxygens (including phenoxy) is 2. The number of carbonyl (C=O) groups is 2. The number of carbonyl (C=O) groups excluding carboxylic acids is 2. The third-order valence-electron chi connectivity index (χ3n) is 4.90. The summed E-state index contributed by atoms with van der Waals surface area (Å²) in [6, 6.07) is 6.37. The minimum Gasteiger partial charge on any atom is -0.454 e. The van der Waals surface area contributed by atoms with Crippen LogP contribution >= 0.6 is 0 Å². The number of nitrogens with one attached hydrogen (secondary N) is 1. The number of fused-ring (bicyclic) bond motifs is 1. The molecule has 0 atom stereocenters. The number of urea groups is 1. The molecule has 0 bridgehead atoms. The second-order valence-corrected chi connectivity index (χ2v) is 6.95. The van der Waals surface area contributed by atoms with Crippen LogP contribution in [0.2, 0.25) is 0 Å². The Morgan fingerprint density at radius 3 is 2.55 bits per heavy atom. The van der Waals surface area contributed by atoms with E-state index >= 15 is 0 Å². The quantitative estimate of drug-likeness (QED) is 0.739. The standard InChI is InChI=1S/C20H17F4N3O4/c21-14-4-1-3-13(20(22,23)24)18(14)25-19(29)27-8-2-7-26(27)17(28)10-12-5-6-15-16(9-12)31-11-30-15/h1,3-6,9H,2,7-8,10-11H2,(H,25,29). The number of benzene rings is 2. The van der Waals surface area contributed by atoms with Crippen LogP contribution in [0.1, 0.15) is 17.5 Å². The number of nitrogens with zero attached hydrogens (tertiary/aromatic N) is 2. The van der Waals surface area contributed by atoms with Gasteiger partial charge in [0.25, 0.3) is 0 Å². The third-order valence-corrected chi connectivity index (χ3v) is 4.90. The van der Waals surface area contributed by atoms with Crippen LogP contribution in [0.25, 0.3) is 0 Å². The van der Waals surface area contributed by atoms with E-state index < -0.39 is 35.2 Å². The Bertz CT molecular complexity index is 1030. The summed E-state index contributed by atoms with van der Waals surface area (Å²) in [5.74, 6) is -0.596. The Hall–Kier alpha value is -3.50. The van der Waals surface area contributed by atoms with Gasteiger partial charge < -0.3 is 14.8 Å². The van der Waals surface area contributed by atoms with E-state index in [0.29, 0.717) is 29.5 Å². The Morgan fingerprint density at radius 2 is 1.77 bits per heavy atom. The summed E-state index contributed by atoms with van der Waals surface area (Å²) < 4.78 is 64.1. The van der Waals surface area contributed by atoms with Crippen LogP contribution in [0.5, 0.6) is 11.5 Å². The summed E-state index contributed by atoms with van der Waals surface area (Å²) in [5, 5.41) is 4.11. The lowest BCUT2D eigenvalue weighted by atomic mass is 10.1. The molecule has 0 unspecified atom stereocenters. The fourth-order valence-corrected chi connectivity index (χ4v) is 3.46. The normalized spacial score (nSPS) is 15.4. The molecule has 7 nitrogen and oxygen atoms in total. The van der Waals surface area contributed by atoms with Gasteiger partial charge in [0.05, 0.1) is 17.7 Å². The topological polar surface area (TPSA) is 71.1 Å². The first kappa shape index (κ1) is 20.8. The monoisotopic (exact) mass is 439 g/mol. The van der Waals surface area contributed by atoms with Crippen molar-refractivity contribution in [1.29, 1.82) is 0 Å². The van der Waals surface area contributed by atoms with Crippen molar-refractivity contribution in [2.75, 3.05) is 25.2 Å². The lowest BCUT2D eigenvalue weighted by molar-refractivity contribution is -0.139. The highest BCUT2D eigenvalue weighted by Crippen LogP contribution is 2.36. The summed E-state index contributed by atoms with van der Waals surface area (Å²) in [6.45, 7) is 0.400. The van der Waals surface area contributed by atoms with Crippen LogP contribution in [0.4, 0.5) is 28.0 Å². The summed E-state index contributed by atoms with van der Waals surface area (Å²) in [4.78, 5) is 25.4. The van der Waals surface area contributed by atoms with Crippen LogP contribution in [-0.4, -0.2) is 41.8 Å². The third kappa shape index (κ3) is 4.21. The highest BCUT2D eigenvalue weighted by molar-refractivity contribution is 5.92. The highest BCUT2D eigenvalue weighted by atomic mass is 19.4. The van der Waals surface area contributed by atoms with E-state index in [1.54, 1.807) is 18.2 Å². The van der Waals surface area contributed by atoms with E-state index in [1.807, 2.05) is 5.32 Å². The van der Waals surface area contributed by atoms with Gasteiger partial charge >= 0.3 is 12.2 Å². The molecule has 0 aromatic heterocycles. The van der Waals surface area contributed by atoms with Gasteiger partial charge in [0.15, 0.2) is 11.5 Å². The second kappa shape index (κ2) is 7.97. The molecule has 11 heteroatoms. The Kier molecular flexibility index (Phi) is 5.34. The van der Waals surface area contributed by atoms with Crippen LogP contribution in [0.15, 0.2) is 36.4 Å². The smallest absolute Gasteiger partial charge is 0.418 e. The van der Waals surface area contributed by atoms with Crippen molar-refractivity contribution in [3.63, 3.8) is 0 Å². The van der Waals surface area contributed by atoms with E-state index in [-0.39, 0.29) is 26.3 Å². The molecule has 0 saturated carbocycles. The maximum Gasteiger partial charge on any atom is 0.418 e. The zero-order chi connectivity index (χ0) is 22.2. The van der Waals surface area contributed by atoms with Gasteiger partial charge in [0, 0.05) is 13.1 Å². The van der Waals surface area contributed by atoms with Crippen LogP contribution in [0.3, 0.4) is 0 Å². The molecule has 2 aliphatic heterocycles. The summed E-state index contributed by atoms with van der Waals surface area (Å²) in [6.07, 6.45) is -4.48. The molecule has 2 aromatic carbocycles. The maximum absolute atomic E-state index is 14.0. The first-order chi connectivity index (χ1) is 14.7. The number of anilines is 1. The van der Waals surface area contributed by atoms with Crippen molar-refractivity contribution < 1.29 is 36.6 Å². The molecule has 3 amide bonds. The molecular formula is C20H17F4N3O4. The molecule has 0 aliphatic carbocycles. The second-order valence-electron chi connectivity index (χ2n) is 6.95. The predicted molar refractivity (Wildman–Crippen MR) is 99.7 cm³/mol. The summed E-state index contributed by atoms with van der Waals surface area (Å²) in [5.41, 5.74) is -1.66. The van der Waals surface area contributed by atoms with Crippen molar-refractivity contribution in [3.8, 4) is 11.5 Å². The number of hydrazine groups is 1. The lowest BCUT2D eigenvalue weighted by Gasteiger charge is -2.28. The Balaban J connectivity index is 1.48. The predicted octanol–water partition coefficient (Wildman–Crippen LogP) is 3.80. The van der Waals surface area contributed by atoms with E-state index in [0.717, 1.165) is 22.2 Å². The van der Waals surface area contributed by atoms with Gasteiger partial charge in [-0.2, -0.15) is 13.2 Å². The fraction of sp³-hybridized carbons (Fsp3) is 0.300. The molecule has 1 saturated heterocycles. The van der Waals surface area contributed by atoms with E-state index in [9.17, 15) is 27.2 Å². The number of alkyl halides is 3. The van der Waals surface area contributed by atoms with Crippen molar-refractivity contribution in [2.24, 2.45) is 0 Å².